The predicted molar refractivity (Wildman–Crippen MR) is 104 cm³/mol. The van der Waals surface area contributed by atoms with Gasteiger partial charge < -0.3 is 9.47 Å². The number of aryl methyl sites for hydroxylation is 1. The van der Waals surface area contributed by atoms with Gasteiger partial charge in [-0.15, -0.1) is 18.3 Å². The molecule has 0 bridgehead atoms. The summed E-state index contributed by atoms with van der Waals surface area (Å²) >= 11 is 1.95. The molecule has 0 N–H and O–H groups in total. The lowest BCUT2D eigenvalue weighted by Gasteiger charge is -2.45. The van der Waals surface area contributed by atoms with Crippen molar-refractivity contribution in [1.29, 1.82) is 0 Å². The molecule has 2 rings (SSSR count). The molecule has 0 aromatic heterocycles. The number of rotatable bonds is 7. The summed E-state index contributed by atoms with van der Waals surface area (Å²) in [6.45, 7) is 13.7. The van der Waals surface area contributed by atoms with Gasteiger partial charge in [0.25, 0.3) is 0 Å². The molecule has 1 aromatic carbocycles. The van der Waals surface area contributed by atoms with E-state index in [-0.39, 0.29) is 17.6 Å². The minimum Gasteiger partial charge on any atom is -0.380 e. The fraction of sp³-hybridized carbons (Fsp3) is 0.619. The number of hydrogen-bond acceptors (Lipinski definition) is 3. The Kier molecular flexibility index (Phi) is 6.97. The maximum absolute atomic E-state index is 6.29. The molecular weight excluding hydrogens is 316 g/mol. The Labute approximate surface area is 152 Å². The molecule has 134 valence electrons. The van der Waals surface area contributed by atoms with Crippen LogP contribution in [0.25, 0.3) is 0 Å². The van der Waals surface area contributed by atoms with E-state index < -0.39 is 0 Å². The highest BCUT2D eigenvalue weighted by Crippen LogP contribution is 2.43. The van der Waals surface area contributed by atoms with Crippen molar-refractivity contribution in [3.8, 4) is 0 Å². The smallest absolute Gasteiger partial charge is 0.0772 e. The van der Waals surface area contributed by atoms with Crippen LogP contribution in [0.2, 0.25) is 0 Å². The molecule has 3 heteroatoms. The van der Waals surface area contributed by atoms with Crippen molar-refractivity contribution in [3.63, 3.8) is 0 Å². The maximum Gasteiger partial charge on any atom is 0.0772 e. The molecule has 1 heterocycles. The van der Waals surface area contributed by atoms with Gasteiger partial charge in [-0.2, -0.15) is 0 Å². The Morgan fingerprint density at radius 3 is 2.62 bits per heavy atom. The minimum absolute atomic E-state index is 0.0590. The first-order chi connectivity index (χ1) is 11.3. The van der Waals surface area contributed by atoms with Gasteiger partial charge in [0.15, 0.2) is 0 Å². The monoisotopic (exact) mass is 348 g/mol. The third kappa shape index (κ3) is 4.87. The predicted octanol–water partition coefficient (Wildman–Crippen LogP) is 5.64. The van der Waals surface area contributed by atoms with Crippen LogP contribution >= 0.6 is 11.8 Å². The van der Waals surface area contributed by atoms with E-state index in [0.717, 1.165) is 25.0 Å². The molecule has 0 aliphatic carbocycles. The second-order valence-corrected chi connectivity index (χ2v) is 8.92. The van der Waals surface area contributed by atoms with Crippen molar-refractivity contribution in [2.45, 2.75) is 69.3 Å². The van der Waals surface area contributed by atoms with Gasteiger partial charge in [0.2, 0.25) is 0 Å². The number of methoxy groups -OCH3 is 1. The lowest BCUT2D eigenvalue weighted by Crippen LogP contribution is -2.50. The summed E-state index contributed by atoms with van der Waals surface area (Å²) < 4.78 is 12.1. The van der Waals surface area contributed by atoms with Crippen LogP contribution in [0.15, 0.2) is 41.3 Å². The van der Waals surface area contributed by atoms with E-state index in [4.69, 9.17) is 9.47 Å². The topological polar surface area (TPSA) is 18.5 Å². The summed E-state index contributed by atoms with van der Waals surface area (Å²) in [5.41, 5.74) is 2.40. The zero-order chi connectivity index (χ0) is 17.7. The average Bonchev–Trinajstić information content (AvgIpc) is 2.55. The summed E-state index contributed by atoms with van der Waals surface area (Å²) in [5, 5.41) is 0.458. The molecule has 1 saturated heterocycles. The van der Waals surface area contributed by atoms with Crippen LogP contribution in [-0.4, -0.2) is 31.2 Å². The molecule has 24 heavy (non-hydrogen) atoms. The van der Waals surface area contributed by atoms with E-state index in [1.807, 2.05) is 11.8 Å². The van der Waals surface area contributed by atoms with Gasteiger partial charge in [-0.3, -0.25) is 0 Å². The average molecular weight is 349 g/mol. The quantitative estimate of drug-likeness (QED) is 0.594. The summed E-state index contributed by atoms with van der Waals surface area (Å²) in [6, 6.07) is 8.82. The van der Waals surface area contributed by atoms with Crippen LogP contribution < -0.4 is 0 Å². The van der Waals surface area contributed by atoms with Gasteiger partial charge in [-0.1, -0.05) is 37.1 Å². The number of hydrogen-bond donors (Lipinski definition) is 0. The fourth-order valence-corrected chi connectivity index (χ4v) is 4.99. The zero-order valence-electron chi connectivity index (χ0n) is 15.8. The fourth-order valence-electron chi connectivity index (χ4n) is 3.51. The molecule has 1 aromatic rings. The van der Waals surface area contributed by atoms with Crippen LogP contribution in [0.5, 0.6) is 0 Å². The zero-order valence-corrected chi connectivity index (χ0v) is 16.6. The SMILES string of the molecule is C=C(C)C[C@H](OC)C(C)(C)[C@@H]1OCCC[C@H]1Sc1ccc(C)cc1. The molecule has 2 nitrogen and oxygen atoms in total. The van der Waals surface area contributed by atoms with Crippen molar-refractivity contribution in [2.75, 3.05) is 13.7 Å². The lowest BCUT2D eigenvalue weighted by atomic mass is 9.75. The van der Waals surface area contributed by atoms with Gasteiger partial charge in [-0.05, 0) is 45.2 Å². The van der Waals surface area contributed by atoms with Crippen LogP contribution in [-0.2, 0) is 9.47 Å². The standard InChI is InChI=1S/C21H32O2S/c1-15(2)14-19(22-6)21(4,5)20-18(8-7-13-23-20)24-17-11-9-16(3)10-12-17/h9-12,18-20H,1,7-8,13-14H2,2-6H3/t18-,19+,20-/m1/s1. The van der Waals surface area contributed by atoms with Crippen LogP contribution in [0.3, 0.4) is 0 Å². The lowest BCUT2D eigenvalue weighted by molar-refractivity contribution is -0.111. The highest BCUT2D eigenvalue weighted by Gasteiger charge is 2.44. The first kappa shape index (κ1) is 19.6. The molecule has 0 amide bonds. The summed E-state index contributed by atoms with van der Waals surface area (Å²) in [7, 11) is 1.81. The second-order valence-electron chi connectivity index (χ2n) is 7.61. The molecule has 0 radical (unpaired) electrons. The number of benzene rings is 1. The van der Waals surface area contributed by atoms with Gasteiger partial charge in [0.1, 0.15) is 0 Å². The first-order valence-corrected chi connectivity index (χ1v) is 9.74. The van der Waals surface area contributed by atoms with Crippen molar-refractivity contribution in [3.05, 3.63) is 42.0 Å². The third-order valence-corrected chi connectivity index (χ3v) is 6.29. The largest absolute Gasteiger partial charge is 0.380 e. The van der Waals surface area contributed by atoms with E-state index in [9.17, 15) is 0 Å². The summed E-state index contributed by atoms with van der Waals surface area (Å²) in [6.07, 6.45) is 3.51. The Bertz CT molecular complexity index is 535. The van der Waals surface area contributed by atoms with Crippen molar-refractivity contribution < 1.29 is 9.47 Å². The summed E-state index contributed by atoms with van der Waals surface area (Å²) in [4.78, 5) is 1.32. The minimum atomic E-state index is -0.0590. The van der Waals surface area contributed by atoms with E-state index in [2.05, 4.69) is 58.5 Å². The van der Waals surface area contributed by atoms with E-state index in [1.54, 1.807) is 7.11 Å². The molecule has 1 aliphatic rings. The molecule has 0 spiro atoms. The van der Waals surface area contributed by atoms with E-state index in [0.29, 0.717) is 5.25 Å². The number of ether oxygens (including phenoxy) is 2. The Hall–Kier alpha value is -0.770. The molecule has 1 fully saturated rings. The van der Waals surface area contributed by atoms with E-state index in [1.165, 1.54) is 16.9 Å². The van der Waals surface area contributed by atoms with Crippen molar-refractivity contribution in [1.82, 2.24) is 0 Å². The van der Waals surface area contributed by atoms with Gasteiger partial charge in [0, 0.05) is 29.3 Å². The van der Waals surface area contributed by atoms with Crippen LogP contribution in [0.4, 0.5) is 0 Å². The normalized spacial score (nSPS) is 23.0. The van der Waals surface area contributed by atoms with Gasteiger partial charge in [0.05, 0.1) is 12.2 Å². The highest BCUT2D eigenvalue weighted by molar-refractivity contribution is 8.00. The Morgan fingerprint density at radius 2 is 2.04 bits per heavy atom. The molecular formula is C21H32O2S. The summed E-state index contributed by atoms with van der Waals surface area (Å²) in [5.74, 6) is 0. The molecule has 0 unspecified atom stereocenters. The third-order valence-electron chi connectivity index (χ3n) is 4.96. The Balaban J connectivity index is 2.17. The number of thioether (sulfide) groups is 1. The van der Waals surface area contributed by atoms with Crippen molar-refractivity contribution in [2.24, 2.45) is 5.41 Å². The highest BCUT2D eigenvalue weighted by atomic mass is 32.2. The molecule has 0 saturated carbocycles. The van der Waals surface area contributed by atoms with Crippen LogP contribution in [0.1, 0.15) is 45.6 Å². The van der Waals surface area contributed by atoms with Crippen LogP contribution in [0, 0.1) is 12.3 Å². The molecule has 1 aliphatic heterocycles. The molecule has 3 atom stereocenters. The van der Waals surface area contributed by atoms with Crippen molar-refractivity contribution >= 4 is 11.8 Å². The second kappa shape index (κ2) is 8.55. The van der Waals surface area contributed by atoms with Gasteiger partial charge >= 0.3 is 0 Å². The Morgan fingerprint density at radius 1 is 1.38 bits per heavy atom. The van der Waals surface area contributed by atoms with E-state index >= 15 is 0 Å². The van der Waals surface area contributed by atoms with Gasteiger partial charge in [-0.25, -0.2) is 0 Å². The maximum atomic E-state index is 6.29. The first-order valence-electron chi connectivity index (χ1n) is 8.86.